The van der Waals surface area contributed by atoms with Crippen molar-refractivity contribution >= 4 is 23.9 Å². The van der Waals surface area contributed by atoms with Gasteiger partial charge >= 0.3 is 23.9 Å². The fourth-order valence-corrected chi connectivity index (χ4v) is 2.95. The van der Waals surface area contributed by atoms with Crippen molar-refractivity contribution in [2.24, 2.45) is 5.73 Å². The first-order chi connectivity index (χ1) is 15.6. The van der Waals surface area contributed by atoms with Crippen LogP contribution >= 0.6 is 0 Å². The third-order valence-corrected chi connectivity index (χ3v) is 4.09. The molecule has 1 aliphatic rings. The van der Waals surface area contributed by atoms with Gasteiger partial charge < -0.3 is 43.6 Å². The Morgan fingerprint density at radius 1 is 0.697 bits per heavy atom. The highest BCUT2D eigenvalue weighted by Gasteiger charge is 2.52. The second-order valence-electron chi connectivity index (χ2n) is 6.95. The number of hydrogen-bond acceptors (Lipinski definition) is 13. The number of nitrogens with two attached hydrogens (primary N) is 1. The normalized spacial score (nSPS) is 24.6. The Hall–Kier alpha value is -2.32. The van der Waals surface area contributed by atoms with Crippen molar-refractivity contribution in [2.45, 2.75) is 58.4 Å². The average molecular weight is 479 g/mol. The lowest BCUT2D eigenvalue weighted by Crippen LogP contribution is -2.63. The van der Waals surface area contributed by atoms with Gasteiger partial charge in [-0.3, -0.25) is 19.2 Å². The summed E-state index contributed by atoms with van der Waals surface area (Å²) in [5, 5.41) is 0. The first kappa shape index (κ1) is 28.7. The maximum atomic E-state index is 11.8. The van der Waals surface area contributed by atoms with Crippen LogP contribution < -0.4 is 5.73 Å². The SMILES string of the molecule is CC(=O)OC[C@H]1O[C@H](OCCOCCOCCN)[C@@H](OC(C)=O)[C@@H](OC(C)=O)[C@@H]1OC(C)=O. The molecule has 13 nitrogen and oxygen atoms in total. The molecule has 33 heavy (non-hydrogen) atoms. The number of carbonyl (C=O) groups excluding carboxylic acids is 4. The first-order valence-electron chi connectivity index (χ1n) is 10.4. The fourth-order valence-electron chi connectivity index (χ4n) is 2.95. The molecule has 2 N–H and O–H groups in total. The predicted molar refractivity (Wildman–Crippen MR) is 109 cm³/mol. The molecule has 0 bridgehead atoms. The summed E-state index contributed by atoms with van der Waals surface area (Å²) in [6.45, 7) is 5.97. The Balaban J connectivity index is 2.95. The zero-order chi connectivity index (χ0) is 24.8. The van der Waals surface area contributed by atoms with Crippen LogP contribution in [-0.2, 0) is 57.1 Å². The molecule has 5 atom stereocenters. The molecular weight excluding hydrogens is 446 g/mol. The van der Waals surface area contributed by atoms with E-state index in [2.05, 4.69) is 0 Å². The van der Waals surface area contributed by atoms with E-state index in [0.717, 1.165) is 20.8 Å². The molecule has 0 aromatic heterocycles. The number of rotatable bonds is 14. The Labute approximate surface area is 192 Å². The lowest BCUT2D eigenvalue weighted by Gasteiger charge is -2.44. The van der Waals surface area contributed by atoms with Crippen LogP contribution in [0.1, 0.15) is 27.7 Å². The van der Waals surface area contributed by atoms with Gasteiger partial charge in [-0.15, -0.1) is 0 Å². The molecule has 0 aromatic rings. The summed E-state index contributed by atoms with van der Waals surface area (Å²) in [6.07, 6.45) is -6.07. The Bertz CT molecular complexity index is 643. The van der Waals surface area contributed by atoms with Crippen LogP contribution in [-0.4, -0.2) is 101 Å². The van der Waals surface area contributed by atoms with Crippen molar-refractivity contribution < 1.29 is 57.1 Å². The predicted octanol–water partition coefficient (Wildman–Crippen LogP) is -0.922. The fraction of sp³-hybridized carbons (Fsp3) is 0.800. The van der Waals surface area contributed by atoms with Gasteiger partial charge in [0.15, 0.2) is 24.6 Å². The van der Waals surface area contributed by atoms with Crippen molar-refractivity contribution in [3.05, 3.63) is 0 Å². The van der Waals surface area contributed by atoms with Crippen molar-refractivity contribution in [1.82, 2.24) is 0 Å². The molecule has 0 saturated carbocycles. The van der Waals surface area contributed by atoms with Gasteiger partial charge in [0, 0.05) is 34.2 Å². The van der Waals surface area contributed by atoms with Crippen LogP contribution in [0.25, 0.3) is 0 Å². The third kappa shape index (κ3) is 11.4. The molecular formula is C20H33NO12. The van der Waals surface area contributed by atoms with E-state index in [1.54, 1.807) is 0 Å². The van der Waals surface area contributed by atoms with Gasteiger partial charge in [0.1, 0.15) is 12.7 Å². The summed E-state index contributed by atoms with van der Waals surface area (Å²) in [5.41, 5.74) is 5.33. The van der Waals surface area contributed by atoms with E-state index in [1.807, 2.05) is 0 Å². The van der Waals surface area contributed by atoms with E-state index in [1.165, 1.54) is 6.92 Å². The summed E-state index contributed by atoms with van der Waals surface area (Å²) >= 11 is 0. The number of esters is 4. The highest BCUT2D eigenvalue weighted by molar-refractivity contribution is 5.68. The van der Waals surface area contributed by atoms with E-state index in [9.17, 15) is 19.2 Å². The van der Waals surface area contributed by atoms with Gasteiger partial charge in [0.25, 0.3) is 0 Å². The second-order valence-corrected chi connectivity index (χ2v) is 6.95. The lowest BCUT2D eigenvalue weighted by molar-refractivity contribution is -0.309. The molecule has 13 heteroatoms. The molecule has 0 spiro atoms. The molecule has 0 amide bonds. The van der Waals surface area contributed by atoms with Crippen molar-refractivity contribution in [1.29, 1.82) is 0 Å². The van der Waals surface area contributed by atoms with Crippen molar-refractivity contribution in [3.8, 4) is 0 Å². The molecule has 1 aliphatic heterocycles. The molecule has 0 unspecified atom stereocenters. The topological polar surface area (TPSA) is 168 Å². The molecule has 190 valence electrons. The zero-order valence-corrected chi connectivity index (χ0v) is 19.3. The molecule has 0 aliphatic carbocycles. The minimum absolute atomic E-state index is 0.0185. The van der Waals surface area contributed by atoms with Crippen LogP contribution in [0.2, 0.25) is 0 Å². The van der Waals surface area contributed by atoms with E-state index in [0.29, 0.717) is 26.4 Å². The van der Waals surface area contributed by atoms with Gasteiger partial charge in [-0.05, 0) is 0 Å². The van der Waals surface area contributed by atoms with E-state index >= 15 is 0 Å². The monoisotopic (exact) mass is 479 g/mol. The van der Waals surface area contributed by atoms with Crippen molar-refractivity contribution in [3.63, 3.8) is 0 Å². The van der Waals surface area contributed by atoms with Gasteiger partial charge in [0.05, 0.1) is 33.0 Å². The summed E-state index contributed by atoms with van der Waals surface area (Å²) in [4.78, 5) is 46.4. The Kier molecular flexibility index (Phi) is 13.5. The lowest BCUT2D eigenvalue weighted by atomic mass is 9.98. The maximum Gasteiger partial charge on any atom is 0.303 e. The van der Waals surface area contributed by atoms with E-state index in [4.69, 9.17) is 43.6 Å². The number of ether oxygens (including phenoxy) is 8. The molecule has 1 rings (SSSR count). The van der Waals surface area contributed by atoms with E-state index < -0.39 is 54.6 Å². The maximum absolute atomic E-state index is 11.8. The van der Waals surface area contributed by atoms with E-state index in [-0.39, 0.29) is 19.8 Å². The zero-order valence-electron chi connectivity index (χ0n) is 19.3. The van der Waals surface area contributed by atoms with Gasteiger partial charge in [-0.2, -0.15) is 0 Å². The molecule has 1 saturated heterocycles. The highest BCUT2D eigenvalue weighted by atomic mass is 16.7. The molecule has 0 aromatic carbocycles. The number of carbonyl (C=O) groups is 4. The van der Waals surface area contributed by atoms with Crippen LogP contribution in [0, 0.1) is 0 Å². The van der Waals surface area contributed by atoms with Crippen LogP contribution in [0.4, 0.5) is 0 Å². The summed E-state index contributed by atoms with van der Waals surface area (Å²) in [7, 11) is 0. The van der Waals surface area contributed by atoms with Gasteiger partial charge in [-0.1, -0.05) is 0 Å². The standard InChI is InChI=1S/C20H33NO12/c1-12(22)29-11-16-17(30-13(2)23)18(31-14(3)24)19(32-15(4)25)20(33-16)28-10-9-27-8-7-26-6-5-21/h16-20H,5-11,21H2,1-4H3/t16-,17-,18+,19+,20+/m1/s1. The molecule has 1 fully saturated rings. The second kappa shape index (κ2) is 15.5. The average Bonchev–Trinajstić information content (AvgIpc) is 2.71. The summed E-state index contributed by atoms with van der Waals surface area (Å²) in [5.74, 6) is -2.74. The molecule has 1 heterocycles. The Morgan fingerprint density at radius 2 is 1.21 bits per heavy atom. The smallest absolute Gasteiger partial charge is 0.303 e. The first-order valence-corrected chi connectivity index (χ1v) is 10.4. The van der Waals surface area contributed by atoms with Crippen LogP contribution in [0.5, 0.6) is 0 Å². The number of hydrogen-bond donors (Lipinski definition) is 1. The quantitative estimate of drug-likeness (QED) is 0.185. The highest BCUT2D eigenvalue weighted by Crippen LogP contribution is 2.29. The van der Waals surface area contributed by atoms with Crippen LogP contribution in [0.3, 0.4) is 0 Å². The minimum Gasteiger partial charge on any atom is -0.463 e. The van der Waals surface area contributed by atoms with Gasteiger partial charge in [0.2, 0.25) is 0 Å². The summed E-state index contributed by atoms with van der Waals surface area (Å²) in [6, 6.07) is 0. The van der Waals surface area contributed by atoms with Gasteiger partial charge in [-0.25, -0.2) is 0 Å². The molecule has 0 radical (unpaired) electrons. The minimum atomic E-state index is -1.28. The largest absolute Gasteiger partial charge is 0.463 e. The third-order valence-electron chi connectivity index (χ3n) is 4.09. The van der Waals surface area contributed by atoms with Crippen molar-refractivity contribution in [2.75, 3.05) is 46.2 Å². The van der Waals surface area contributed by atoms with Crippen LogP contribution in [0.15, 0.2) is 0 Å². The summed E-state index contributed by atoms with van der Waals surface area (Å²) < 4.78 is 42.9. The Morgan fingerprint density at radius 3 is 1.76 bits per heavy atom.